The van der Waals surface area contributed by atoms with Crippen LogP contribution in [0.1, 0.15) is 15.9 Å². The monoisotopic (exact) mass is 380 g/mol. The lowest BCUT2D eigenvalue weighted by atomic mass is 10.2. The molecule has 3 aromatic heterocycles. The van der Waals surface area contributed by atoms with Crippen LogP contribution in [0.5, 0.6) is 0 Å². The molecule has 3 aromatic rings. The summed E-state index contributed by atoms with van der Waals surface area (Å²) in [6, 6.07) is 4.90. The van der Waals surface area contributed by atoms with E-state index >= 15 is 0 Å². The molecule has 0 saturated carbocycles. The number of methoxy groups -OCH3 is 1. The van der Waals surface area contributed by atoms with Crippen molar-refractivity contribution in [2.45, 2.75) is 6.18 Å². The summed E-state index contributed by atoms with van der Waals surface area (Å²) in [4.78, 5) is 20.0. The van der Waals surface area contributed by atoms with Gasteiger partial charge in [0.25, 0.3) is 5.91 Å². The lowest BCUT2D eigenvalue weighted by Crippen LogP contribution is -2.14. The minimum Gasteiger partial charge on any atom is -0.383 e. The van der Waals surface area contributed by atoms with Crippen molar-refractivity contribution in [1.82, 2.24) is 19.6 Å². The van der Waals surface area contributed by atoms with E-state index in [0.29, 0.717) is 0 Å². The van der Waals surface area contributed by atoms with Crippen molar-refractivity contribution in [3.63, 3.8) is 0 Å². The summed E-state index contributed by atoms with van der Waals surface area (Å²) in [7, 11) is 1.48. The number of aromatic nitrogens is 4. The van der Waals surface area contributed by atoms with E-state index in [-0.39, 0.29) is 36.1 Å². The Bertz CT molecular complexity index is 942. The molecule has 3 rings (SSSR count). The first-order valence-electron chi connectivity index (χ1n) is 7.80. The van der Waals surface area contributed by atoms with Crippen molar-refractivity contribution in [1.29, 1.82) is 0 Å². The Morgan fingerprint density at radius 3 is 2.81 bits per heavy atom. The molecule has 0 bridgehead atoms. The number of alkyl halides is 3. The highest BCUT2D eigenvalue weighted by Crippen LogP contribution is 2.32. The smallest absolute Gasteiger partial charge is 0.383 e. The van der Waals surface area contributed by atoms with Gasteiger partial charge in [0.15, 0.2) is 5.65 Å². The third-order valence-electron chi connectivity index (χ3n) is 3.53. The third-order valence-corrected chi connectivity index (χ3v) is 3.53. The molecule has 142 valence electrons. The molecule has 3 heterocycles. The average Bonchev–Trinajstić information content (AvgIpc) is 3.04. The zero-order chi connectivity index (χ0) is 19.4. The van der Waals surface area contributed by atoms with Crippen molar-refractivity contribution in [3.05, 3.63) is 47.8 Å². The number of amides is 1. The summed E-state index contributed by atoms with van der Waals surface area (Å²) in [5, 5.41) is 9.32. The highest BCUT2D eigenvalue weighted by molar-refractivity contribution is 6.03. The molecule has 0 atom stereocenters. The molecule has 0 radical (unpaired) electrons. The van der Waals surface area contributed by atoms with Crippen LogP contribution in [-0.2, 0) is 10.9 Å². The van der Waals surface area contributed by atoms with Crippen LogP contribution in [0, 0.1) is 0 Å². The lowest BCUT2D eigenvalue weighted by Gasteiger charge is -2.11. The van der Waals surface area contributed by atoms with E-state index in [1.54, 1.807) is 6.07 Å². The number of nitrogens with zero attached hydrogens (tertiary/aromatic N) is 4. The van der Waals surface area contributed by atoms with Crippen LogP contribution < -0.4 is 10.6 Å². The SMILES string of the molecule is COCCNc1cc(C(F)(F)F)cc2nc(NC(=O)c3cccnc3)nn12. The summed E-state index contributed by atoms with van der Waals surface area (Å²) in [6.07, 6.45) is -1.69. The maximum atomic E-state index is 13.1. The van der Waals surface area contributed by atoms with Crippen molar-refractivity contribution in [2.75, 3.05) is 30.9 Å². The van der Waals surface area contributed by atoms with Gasteiger partial charge in [-0.2, -0.15) is 22.7 Å². The maximum absolute atomic E-state index is 13.1. The van der Waals surface area contributed by atoms with Gasteiger partial charge >= 0.3 is 6.18 Å². The Balaban J connectivity index is 1.94. The molecule has 0 spiro atoms. The van der Waals surface area contributed by atoms with E-state index in [9.17, 15) is 18.0 Å². The van der Waals surface area contributed by atoms with E-state index in [1.807, 2.05) is 0 Å². The van der Waals surface area contributed by atoms with Gasteiger partial charge in [-0.25, -0.2) is 0 Å². The molecular weight excluding hydrogens is 365 g/mol. The summed E-state index contributed by atoms with van der Waals surface area (Å²) in [5.74, 6) is -0.576. The molecular formula is C16H15F3N6O2. The maximum Gasteiger partial charge on any atom is 0.416 e. The van der Waals surface area contributed by atoms with Gasteiger partial charge in [0.2, 0.25) is 5.95 Å². The Labute approximate surface area is 151 Å². The fourth-order valence-corrected chi connectivity index (χ4v) is 2.28. The lowest BCUT2D eigenvalue weighted by molar-refractivity contribution is -0.137. The van der Waals surface area contributed by atoms with Crippen molar-refractivity contribution in [3.8, 4) is 0 Å². The molecule has 8 nitrogen and oxygen atoms in total. The van der Waals surface area contributed by atoms with Gasteiger partial charge in [-0.3, -0.25) is 15.1 Å². The van der Waals surface area contributed by atoms with Crippen LogP contribution in [0.2, 0.25) is 0 Å². The van der Waals surface area contributed by atoms with E-state index in [2.05, 4.69) is 25.7 Å². The molecule has 1 amide bonds. The predicted molar refractivity (Wildman–Crippen MR) is 90.5 cm³/mol. The number of anilines is 2. The number of ether oxygens (including phenoxy) is 1. The number of pyridine rings is 2. The summed E-state index contributed by atoms with van der Waals surface area (Å²) in [5.41, 5.74) is -0.676. The van der Waals surface area contributed by atoms with E-state index in [0.717, 1.165) is 12.1 Å². The van der Waals surface area contributed by atoms with Gasteiger partial charge in [0.1, 0.15) is 5.82 Å². The predicted octanol–water partition coefficient (Wildman–Crippen LogP) is 2.45. The molecule has 2 N–H and O–H groups in total. The topological polar surface area (TPSA) is 93.4 Å². The number of halogens is 3. The van der Waals surface area contributed by atoms with E-state index in [4.69, 9.17) is 4.74 Å². The van der Waals surface area contributed by atoms with Crippen LogP contribution in [0.25, 0.3) is 5.65 Å². The molecule has 0 aliphatic heterocycles. The Morgan fingerprint density at radius 1 is 1.33 bits per heavy atom. The average molecular weight is 380 g/mol. The highest BCUT2D eigenvalue weighted by atomic mass is 19.4. The second-order valence-corrected chi connectivity index (χ2v) is 5.45. The van der Waals surface area contributed by atoms with Gasteiger partial charge in [0.05, 0.1) is 17.7 Å². The zero-order valence-electron chi connectivity index (χ0n) is 14.1. The number of hydrogen-bond donors (Lipinski definition) is 2. The summed E-state index contributed by atoms with van der Waals surface area (Å²) < 4.78 is 45.5. The van der Waals surface area contributed by atoms with E-state index < -0.39 is 17.6 Å². The van der Waals surface area contributed by atoms with Gasteiger partial charge in [-0.05, 0) is 24.3 Å². The number of carbonyl (C=O) groups excluding carboxylic acids is 1. The standard InChI is InChI=1S/C16H15F3N6O2/c1-27-6-5-21-12-7-11(16(17,18)19)8-13-22-15(24-25(12)13)23-14(26)10-3-2-4-20-9-10/h2-4,7-9,21H,5-6H2,1H3,(H,23,24,26). The molecule has 0 saturated heterocycles. The molecule has 11 heteroatoms. The largest absolute Gasteiger partial charge is 0.416 e. The number of rotatable bonds is 6. The van der Waals surface area contributed by atoms with Crippen LogP contribution in [0.15, 0.2) is 36.7 Å². The van der Waals surface area contributed by atoms with Gasteiger partial charge < -0.3 is 10.1 Å². The van der Waals surface area contributed by atoms with Crippen LogP contribution in [0.4, 0.5) is 24.9 Å². The van der Waals surface area contributed by atoms with Crippen LogP contribution >= 0.6 is 0 Å². The molecule has 0 aliphatic rings. The number of hydrogen-bond acceptors (Lipinski definition) is 6. The molecule has 0 fully saturated rings. The molecule has 0 aromatic carbocycles. The highest BCUT2D eigenvalue weighted by Gasteiger charge is 2.32. The second kappa shape index (κ2) is 7.58. The van der Waals surface area contributed by atoms with E-state index in [1.165, 1.54) is 30.1 Å². The van der Waals surface area contributed by atoms with Crippen LogP contribution in [-0.4, -0.2) is 45.8 Å². The van der Waals surface area contributed by atoms with Gasteiger partial charge in [-0.1, -0.05) is 0 Å². The second-order valence-electron chi connectivity index (χ2n) is 5.45. The minimum atomic E-state index is -4.55. The Kier molecular flexibility index (Phi) is 5.21. The fourth-order valence-electron chi connectivity index (χ4n) is 2.28. The van der Waals surface area contributed by atoms with Gasteiger partial charge in [-0.15, -0.1) is 5.10 Å². The normalized spacial score (nSPS) is 11.6. The van der Waals surface area contributed by atoms with Crippen LogP contribution in [0.3, 0.4) is 0 Å². The van der Waals surface area contributed by atoms with Crippen molar-refractivity contribution in [2.24, 2.45) is 0 Å². The molecule has 0 aliphatic carbocycles. The first kappa shape index (κ1) is 18.6. The molecule has 0 unspecified atom stereocenters. The Morgan fingerprint density at radius 2 is 2.15 bits per heavy atom. The van der Waals surface area contributed by atoms with Crippen molar-refractivity contribution < 1.29 is 22.7 Å². The van der Waals surface area contributed by atoms with Crippen molar-refractivity contribution >= 4 is 23.3 Å². The molecule has 27 heavy (non-hydrogen) atoms. The quantitative estimate of drug-likeness (QED) is 0.638. The summed E-state index contributed by atoms with van der Waals surface area (Å²) >= 11 is 0. The number of fused-ring (bicyclic) bond motifs is 1. The summed E-state index contributed by atoms with van der Waals surface area (Å²) in [6.45, 7) is 0.557. The van der Waals surface area contributed by atoms with Gasteiger partial charge in [0, 0.05) is 26.0 Å². The third kappa shape index (κ3) is 4.31. The first-order valence-corrected chi connectivity index (χ1v) is 7.80. The Hall–Kier alpha value is -3.21. The first-order chi connectivity index (χ1) is 12.9. The minimum absolute atomic E-state index is 0.0637. The number of carbonyl (C=O) groups is 1. The number of nitrogens with one attached hydrogen (secondary N) is 2. The fraction of sp³-hybridized carbons (Fsp3) is 0.250. The zero-order valence-corrected chi connectivity index (χ0v) is 14.1.